The van der Waals surface area contributed by atoms with Crippen molar-refractivity contribution in [1.82, 2.24) is 5.32 Å². The van der Waals surface area contributed by atoms with Crippen LogP contribution in [0.1, 0.15) is 34.5 Å². The number of rotatable bonds is 5. The first-order valence-corrected chi connectivity index (χ1v) is 7.16. The highest BCUT2D eigenvalue weighted by molar-refractivity contribution is 9.10. The molecule has 4 heteroatoms. The predicted molar refractivity (Wildman–Crippen MR) is 82.8 cm³/mol. The molecule has 0 heterocycles. The van der Waals surface area contributed by atoms with Gasteiger partial charge in [0, 0.05) is 17.1 Å². The molecule has 0 aliphatic heterocycles. The van der Waals surface area contributed by atoms with Gasteiger partial charge in [0.05, 0.1) is 5.56 Å². The van der Waals surface area contributed by atoms with Crippen LogP contribution in [0, 0.1) is 0 Å². The summed E-state index contributed by atoms with van der Waals surface area (Å²) in [4.78, 5) is 10.8. The van der Waals surface area contributed by atoms with E-state index in [4.69, 9.17) is 5.11 Å². The summed E-state index contributed by atoms with van der Waals surface area (Å²) in [5, 5.41) is 12.3. The highest BCUT2D eigenvalue weighted by atomic mass is 79.9. The average Bonchev–Trinajstić information content (AvgIpc) is 2.45. The van der Waals surface area contributed by atoms with Crippen molar-refractivity contribution in [3.63, 3.8) is 0 Å². The van der Waals surface area contributed by atoms with Gasteiger partial charge in [0.2, 0.25) is 0 Å². The van der Waals surface area contributed by atoms with Crippen molar-refractivity contribution in [3.05, 3.63) is 69.7 Å². The highest BCUT2D eigenvalue weighted by Gasteiger charge is 2.06. The van der Waals surface area contributed by atoms with E-state index in [0.29, 0.717) is 12.1 Å². The standard InChI is InChI=1S/C16H16BrNO2/c1-11(14-3-2-4-15(17)9-14)18-10-12-5-7-13(8-6-12)16(19)20/h2-9,11,18H,10H2,1H3,(H,19,20)/t11-/m0/s1. The lowest BCUT2D eigenvalue weighted by Gasteiger charge is -2.14. The van der Waals surface area contributed by atoms with Crippen molar-refractivity contribution in [2.24, 2.45) is 0 Å². The molecular formula is C16H16BrNO2. The maximum atomic E-state index is 10.8. The van der Waals surface area contributed by atoms with Crippen LogP contribution in [0.15, 0.2) is 53.0 Å². The van der Waals surface area contributed by atoms with Gasteiger partial charge in [-0.3, -0.25) is 0 Å². The van der Waals surface area contributed by atoms with E-state index in [1.165, 1.54) is 5.56 Å². The van der Waals surface area contributed by atoms with Crippen LogP contribution in [0.2, 0.25) is 0 Å². The molecule has 2 aromatic carbocycles. The van der Waals surface area contributed by atoms with Gasteiger partial charge in [-0.05, 0) is 42.3 Å². The molecule has 0 unspecified atom stereocenters. The van der Waals surface area contributed by atoms with Crippen LogP contribution < -0.4 is 5.32 Å². The van der Waals surface area contributed by atoms with Crippen molar-refractivity contribution in [2.45, 2.75) is 19.5 Å². The van der Waals surface area contributed by atoms with E-state index in [0.717, 1.165) is 10.0 Å². The Kier molecular flexibility index (Phi) is 4.93. The SMILES string of the molecule is C[C@H](NCc1ccc(C(=O)O)cc1)c1cccc(Br)c1. The second kappa shape index (κ2) is 6.68. The van der Waals surface area contributed by atoms with E-state index < -0.39 is 5.97 Å². The third-order valence-corrected chi connectivity index (χ3v) is 3.66. The molecule has 0 aromatic heterocycles. The van der Waals surface area contributed by atoms with Gasteiger partial charge in [-0.15, -0.1) is 0 Å². The summed E-state index contributed by atoms with van der Waals surface area (Å²) in [5.74, 6) is -0.896. The fraction of sp³-hybridized carbons (Fsp3) is 0.188. The number of carboxylic acid groups (broad SMARTS) is 1. The first-order valence-electron chi connectivity index (χ1n) is 6.37. The molecule has 0 saturated heterocycles. The molecule has 1 atom stereocenters. The molecule has 0 bridgehead atoms. The predicted octanol–water partition coefficient (Wildman–Crippen LogP) is 4.00. The van der Waals surface area contributed by atoms with Gasteiger partial charge in [0.15, 0.2) is 0 Å². The Bertz CT molecular complexity index is 596. The Balaban J connectivity index is 1.96. The Labute approximate surface area is 126 Å². The maximum absolute atomic E-state index is 10.8. The van der Waals surface area contributed by atoms with Crippen LogP contribution in [0.4, 0.5) is 0 Å². The minimum absolute atomic E-state index is 0.228. The number of carboxylic acids is 1. The fourth-order valence-corrected chi connectivity index (χ4v) is 2.35. The second-order valence-corrected chi connectivity index (χ2v) is 5.58. The zero-order chi connectivity index (χ0) is 14.5. The van der Waals surface area contributed by atoms with Crippen molar-refractivity contribution in [2.75, 3.05) is 0 Å². The van der Waals surface area contributed by atoms with Crippen molar-refractivity contribution >= 4 is 21.9 Å². The van der Waals surface area contributed by atoms with Gasteiger partial charge in [-0.1, -0.05) is 40.2 Å². The molecule has 2 N–H and O–H groups in total. The van der Waals surface area contributed by atoms with E-state index in [1.807, 2.05) is 24.3 Å². The Morgan fingerprint density at radius 3 is 2.55 bits per heavy atom. The minimum Gasteiger partial charge on any atom is -0.478 e. The topological polar surface area (TPSA) is 49.3 Å². The summed E-state index contributed by atoms with van der Waals surface area (Å²) in [7, 11) is 0. The quantitative estimate of drug-likeness (QED) is 0.869. The molecule has 0 aliphatic carbocycles. The zero-order valence-electron chi connectivity index (χ0n) is 11.1. The number of carbonyl (C=O) groups is 1. The monoisotopic (exact) mass is 333 g/mol. The molecule has 2 aromatic rings. The smallest absolute Gasteiger partial charge is 0.335 e. The highest BCUT2D eigenvalue weighted by Crippen LogP contribution is 2.18. The summed E-state index contributed by atoms with van der Waals surface area (Å²) < 4.78 is 1.06. The van der Waals surface area contributed by atoms with E-state index in [-0.39, 0.29) is 6.04 Å². The lowest BCUT2D eigenvalue weighted by Crippen LogP contribution is -2.18. The molecule has 0 spiro atoms. The zero-order valence-corrected chi connectivity index (χ0v) is 12.7. The lowest BCUT2D eigenvalue weighted by molar-refractivity contribution is 0.0697. The molecule has 0 aliphatic rings. The number of hydrogen-bond donors (Lipinski definition) is 2. The van der Waals surface area contributed by atoms with Gasteiger partial charge in [0.1, 0.15) is 0 Å². The molecule has 0 amide bonds. The maximum Gasteiger partial charge on any atom is 0.335 e. The number of hydrogen-bond acceptors (Lipinski definition) is 2. The van der Waals surface area contributed by atoms with Crippen LogP contribution >= 0.6 is 15.9 Å². The molecule has 104 valence electrons. The number of aromatic carboxylic acids is 1. The Morgan fingerprint density at radius 2 is 1.95 bits per heavy atom. The molecule has 2 rings (SSSR count). The Hall–Kier alpha value is -1.65. The lowest BCUT2D eigenvalue weighted by atomic mass is 10.1. The van der Waals surface area contributed by atoms with Crippen molar-refractivity contribution in [3.8, 4) is 0 Å². The first-order chi connectivity index (χ1) is 9.56. The van der Waals surface area contributed by atoms with Crippen molar-refractivity contribution < 1.29 is 9.90 Å². The Morgan fingerprint density at radius 1 is 1.25 bits per heavy atom. The first kappa shape index (κ1) is 14.8. The normalized spacial score (nSPS) is 12.1. The molecular weight excluding hydrogens is 318 g/mol. The fourth-order valence-electron chi connectivity index (χ4n) is 1.93. The van der Waals surface area contributed by atoms with Crippen LogP contribution in [0.5, 0.6) is 0 Å². The summed E-state index contributed by atoms with van der Waals surface area (Å²) in [6.45, 7) is 2.81. The van der Waals surface area contributed by atoms with Gasteiger partial charge in [-0.25, -0.2) is 4.79 Å². The number of nitrogens with one attached hydrogen (secondary N) is 1. The molecule has 20 heavy (non-hydrogen) atoms. The van der Waals surface area contributed by atoms with Gasteiger partial charge in [0.25, 0.3) is 0 Å². The summed E-state index contributed by atoms with van der Waals surface area (Å²) in [5.41, 5.74) is 2.59. The molecule has 0 fully saturated rings. The van der Waals surface area contributed by atoms with E-state index in [9.17, 15) is 4.79 Å². The van der Waals surface area contributed by atoms with Gasteiger partial charge < -0.3 is 10.4 Å². The number of halogens is 1. The average molecular weight is 334 g/mol. The summed E-state index contributed by atoms with van der Waals surface area (Å²) in [6.07, 6.45) is 0. The summed E-state index contributed by atoms with van der Waals surface area (Å²) in [6, 6.07) is 15.3. The van der Waals surface area contributed by atoms with Crippen molar-refractivity contribution in [1.29, 1.82) is 0 Å². The third kappa shape index (κ3) is 3.92. The molecule has 0 radical (unpaired) electrons. The molecule has 0 saturated carbocycles. The number of benzene rings is 2. The third-order valence-electron chi connectivity index (χ3n) is 3.16. The van der Waals surface area contributed by atoms with Crippen LogP contribution in [0.3, 0.4) is 0 Å². The van der Waals surface area contributed by atoms with E-state index in [1.54, 1.807) is 12.1 Å². The van der Waals surface area contributed by atoms with Gasteiger partial charge >= 0.3 is 5.97 Å². The largest absolute Gasteiger partial charge is 0.478 e. The summed E-state index contributed by atoms with van der Waals surface area (Å²) >= 11 is 3.46. The minimum atomic E-state index is -0.896. The van der Waals surface area contributed by atoms with E-state index >= 15 is 0 Å². The van der Waals surface area contributed by atoms with Crippen LogP contribution in [0.25, 0.3) is 0 Å². The van der Waals surface area contributed by atoms with Crippen LogP contribution in [-0.4, -0.2) is 11.1 Å². The van der Waals surface area contributed by atoms with E-state index in [2.05, 4.69) is 40.3 Å². The van der Waals surface area contributed by atoms with Gasteiger partial charge in [-0.2, -0.15) is 0 Å². The second-order valence-electron chi connectivity index (χ2n) is 4.66. The van der Waals surface area contributed by atoms with Crippen LogP contribution in [-0.2, 0) is 6.54 Å². The molecule has 3 nitrogen and oxygen atoms in total.